The lowest BCUT2D eigenvalue weighted by atomic mass is 9.92. The predicted octanol–water partition coefficient (Wildman–Crippen LogP) is 16.5. The Labute approximate surface area is 392 Å². The zero-order valence-corrected chi connectivity index (χ0v) is 36.8. The van der Waals surface area contributed by atoms with Gasteiger partial charge in [-0.3, -0.25) is 0 Å². The molecule has 0 bridgehead atoms. The van der Waals surface area contributed by atoms with E-state index < -0.39 is 0 Å². The van der Waals surface area contributed by atoms with Crippen LogP contribution in [0, 0.1) is 0 Å². The highest BCUT2D eigenvalue weighted by molar-refractivity contribution is 6.13. The van der Waals surface area contributed by atoms with Crippen molar-refractivity contribution in [2.24, 2.45) is 0 Å². The fourth-order valence-corrected chi connectivity index (χ4v) is 9.83. The Morgan fingerprint density at radius 2 is 0.721 bits per heavy atom. The third kappa shape index (κ3) is 6.76. The van der Waals surface area contributed by atoms with Gasteiger partial charge in [0.1, 0.15) is 11.2 Å². The smallest absolute Gasteiger partial charge is 0.167 e. The predicted molar refractivity (Wildman–Crippen MR) is 279 cm³/mol. The van der Waals surface area contributed by atoms with Gasteiger partial charge in [0.25, 0.3) is 0 Å². The normalized spacial score (nSPS) is 11.5. The number of aromatic nitrogens is 4. The molecule has 0 atom stereocenters. The molecule has 0 aliphatic heterocycles. The maximum Gasteiger partial charge on any atom is 0.167 e. The number of hydrogen-bond donors (Lipinski definition) is 0. The zero-order valence-electron chi connectivity index (χ0n) is 36.8. The lowest BCUT2D eigenvalue weighted by Crippen LogP contribution is -2.04. The van der Waals surface area contributed by atoms with Gasteiger partial charge in [-0.1, -0.05) is 194 Å². The Bertz CT molecular complexity index is 3840. The van der Waals surface area contributed by atoms with Crippen molar-refractivity contribution in [3.05, 3.63) is 243 Å². The molecule has 0 saturated carbocycles. The van der Waals surface area contributed by atoms with Gasteiger partial charge in [0.2, 0.25) is 0 Å². The average molecular weight is 869 g/mol. The van der Waals surface area contributed by atoms with Gasteiger partial charge in [-0.15, -0.1) is 0 Å². The summed E-state index contributed by atoms with van der Waals surface area (Å²) in [5.74, 6) is 1.68. The maximum absolute atomic E-state index is 6.57. The van der Waals surface area contributed by atoms with Crippen LogP contribution in [0.25, 0.3) is 128 Å². The fourth-order valence-electron chi connectivity index (χ4n) is 9.83. The van der Waals surface area contributed by atoms with Crippen molar-refractivity contribution in [3.8, 4) is 84.4 Å². The van der Waals surface area contributed by atoms with E-state index in [1.807, 2.05) is 54.6 Å². The van der Waals surface area contributed by atoms with Crippen molar-refractivity contribution in [1.29, 1.82) is 0 Å². The second kappa shape index (κ2) is 16.4. The number of nitrogens with zero attached hydrogens (tertiary/aromatic N) is 4. The molecule has 0 unspecified atom stereocenters. The SMILES string of the molecule is c1ccc(-c2ccc3c(c2)c2cc(-c4ccccc4)ccc2n3-c2c(-c3ccccc3)cc(-c3nc(-c4ccccc4)nc(-c4cccc5c4oc4ccccc45)n3)cc2-c2ccccc2)cc1. The number of furan rings is 1. The minimum atomic E-state index is 0.538. The summed E-state index contributed by atoms with van der Waals surface area (Å²) in [5, 5.41) is 4.42. The van der Waals surface area contributed by atoms with Gasteiger partial charge in [-0.2, -0.15) is 0 Å². The molecule has 68 heavy (non-hydrogen) atoms. The number of para-hydroxylation sites is 2. The van der Waals surface area contributed by atoms with Gasteiger partial charge < -0.3 is 8.98 Å². The van der Waals surface area contributed by atoms with E-state index in [1.165, 1.54) is 33.0 Å². The molecule has 0 aliphatic rings. The van der Waals surface area contributed by atoms with E-state index in [2.05, 4.69) is 193 Å². The number of fused-ring (bicyclic) bond motifs is 6. The summed E-state index contributed by atoms with van der Waals surface area (Å²) in [6.07, 6.45) is 0. The van der Waals surface area contributed by atoms with E-state index in [0.717, 1.165) is 77.6 Å². The number of benzene rings is 10. The van der Waals surface area contributed by atoms with Gasteiger partial charge in [0, 0.05) is 43.8 Å². The van der Waals surface area contributed by atoms with Gasteiger partial charge in [0.15, 0.2) is 17.5 Å². The summed E-state index contributed by atoms with van der Waals surface area (Å²) < 4.78 is 9.04. The standard InChI is InChI=1S/C63H40N4O/c1-6-19-41(20-7-1)46-33-35-56-54(37-46)55-38-47(42-21-8-2-9-22-42)34-36-57(55)67(56)59-52(43-23-10-3-11-24-43)39-48(40-53(59)44-25-12-4-13-26-44)62-64-61(45-27-14-5-15-28-45)65-63(66-62)51-31-18-30-50-49-29-16-17-32-58(49)68-60(50)51/h1-40H. The van der Waals surface area contributed by atoms with Crippen LogP contribution in [-0.4, -0.2) is 19.5 Å². The minimum Gasteiger partial charge on any atom is -0.455 e. The average Bonchev–Trinajstić information content (AvgIpc) is 3.97. The Balaban J connectivity index is 1.11. The lowest BCUT2D eigenvalue weighted by Gasteiger charge is -2.21. The van der Waals surface area contributed by atoms with Crippen molar-refractivity contribution < 1.29 is 4.42 Å². The first-order valence-corrected chi connectivity index (χ1v) is 22.9. The molecular formula is C63H40N4O. The summed E-state index contributed by atoms with van der Waals surface area (Å²) in [4.78, 5) is 15.8. The van der Waals surface area contributed by atoms with Crippen LogP contribution < -0.4 is 0 Å². The second-order valence-electron chi connectivity index (χ2n) is 17.1. The summed E-state index contributed by atoms with van der Waals surface area (Å²) in [6, 6.07) is 85.5. The first kappa shape index (κ1) is 39.2. The van der Waals surface area contributed by atoms with Crippen molar-refractivity contribution >= 4 is 43.7 Å². The first-order chi connectivity index (χ1) is 33.7. The van der Waals surface area contributed by atoms with E-state index in [-0.39, 0.29) is 0 Å². The van der Waals surface area contributed by atoms with Crippen LogP contribution >= 0.6 is 0 Å². The molecule has 3 aromatic heterocycles. The molecule has 0 aliphatic carbocycles. The molecule has 10 aromatic carbocycles. The van der Waals surface area contributed by atoms with E-state index in [9.17, 15) is 0 Å². The summed E-state index contributed by atoms with van der Waals surface area (Å²) in [7, 11) is 0. The molecule has 0 fully saturated rings. The van der Waals surface area contributed by atoms with Gasteiger partial charge in [-0.25, -0.2) is 15.0 Å². The molecule has 13 aromatic rings. The summed E-state index contributed by atoms with van der Waals surface area (Å²) >= 11 is 0. The zero-order chi connectivity index (χ0) is 45.0. The van der Waals surface area contributed by atoms with Crippen LogP contribution in [0.1, 0.15) is 0 Å². The van der Waals surface area contributed by atoms with Gasteiger partial charge >= 0.3 is 0 Å². The topological polar surface area (TPSA) is 56.7 Å². The van der Waals surface area contributed by atoms with E-state index in [4.69, 9.17) is 19.4 Å². The van der Waals surface area contributed by atoms with Gasteiger partial charge in [-0.05, 0) is 81.9 Å². The van der Waals surface area contributed by atoms with E-state index in [1.54, 1.807) is 0 Å². The van der Waals surface area contributed by atoms with E-state index in [0.29, 0.717) is 17.5 Å². The Morgan fingerprint density at radius 3 is 1.26 bits per heavy atom. The molecule has 0 N–H and O–H groups in total. The van der Waals surface area contributed by atoms with Crippen LogP contribution in [0.2, 0.25) is 0 Å². The second-order valence-corrected chi connectivity index (χ2v) is 17.1. The highest BCUT2D eigenvalue weighted by Crippen LogP contribution is 2.45. The molecule has 0 saturated heterocycles. The largest absolute Gasteiger partial charge is 0.455 e. The van der Waals surface area contributed by atoms with Crippen molar-refractivity contribution in [3.63, 3.8) is 0 Å². The highest BCUT2D eigenvalue weighted by Gasteiger charge is 2.24. The van der Waals surface area contributed by atoms with Crippen LogP contribution in [-0.2, 0) is 0 Å². The number of hydrogen-bond acceptors (Lipinski definition) is 4. The van der Waals surface area contributed by atoms with Crippen molar-refractivity contribution in [2.75, 3.05) is 0 Å². The summed E-state index contributed by atoms with van der Waals surface area (Å²) in [5.41, 5.74) is 16.3. The molecule has 0 spiro atoms. The van der Waals surface area contributed by atoms with Crippen LogP contribution in [0.4, 0.5) is 0 Å². The first-order valence-electron chi connectivity index (χ1n) is 22.9. The van der Waals surface area contributed by atoms with Crippen molar-refractivity contribution in [2.45, 2.75) is 0 Å². The quantitative estimate of drug-likeness (QED) is 0.153. The van der Waals surface area contributed by atoms with Crippen molar-refractivity contribution in [1.82, 2.24) is 19.5 Å². The van der Waals surface area contributed by atoms with Crippen LogP contribution in [0.3, 0.4) is 0 Å². The Morgan fingerprint density at radius 1 is 0.279 bits per heavy atom. The molecule has 0 radical (unpaired) electrons. The molecule has 5 nitrogen and oxygen atoms in total. The molecule has 3 heterocycles. The summed E-state index contributed by atoms with van der Waals surface area (Å²) in [6.45, 7) is 0. The Kier molecular flexibility index (Phi) is 9.43. The third-order valence-corrected chi connectivity index (χ3v) is 13.1. The molecule has 0 amide bonds. The third-order valence-electron chi connectivity index (χ3n) is 13.1. The molecule has 5 heteroatoms. The molecule has 13 rings (SSSR count). The van der Waals surface area contributed by atoms with Crippen LogP contribution in [0.15, 0.2) is 247 Å². The minimum absolute atomic E-state index is 0.538. The number of rotatable bonds is 8. The monoisotopic (exact) mass is 868 g/mol. The maximum atomic E-state index is 6.57. The fraction of sp³-hybridized carbons (Fsp3) is 0. The molecule has 318 valence electrons. The van der Waals surface area contributed by atoms with E-state index >= 15 is 0 Å². The highest BCUT2D eigenvalue weighted by atomic mass is 16.3. The molecular weight excluding hydrogens is 829 g/mol. The van der Waals surface area contributed by atoms with Crippen LogP contribution in [0.5, 0.6) is 0 Å². The lowest BCUT2D eigenvalue weighted by molar-refractivity contribution is 0.669. The Hall–Kier alpha value is -9.19. The van der Waals surface area contributed by atoms with Gasteiger partial charge in [0.05, 0.1) is 22.3 Å².